The maximum Gasteiger partial charge on any atom is 0.306 e. The summed E-state index contributed by atoms with van der Waals surface area (Å²) < 4.78 is 25.3. The lowest BCUT2D eigenvalue weighted by Crippen LogP contribution is -2.67. The fourth-order valence-corrected chi connectivity index (χ4v) is 10.3. The number of hydrogen-bond acceptors (Lipinski definition) is 5. The van der Waals surface area contributed by atoms with Crippen molar-refractivity contribution in [3.8, 4) is 0 Å². The first kappa shape index (κ1) is 34.7. The molecule has 0 amide bonds. The van der Waals surface area contributed by atoms with Crippen molar-refractivity contribution in [2.45, 2.75) is 91.6 Å². The molecule has 0 saturated carbocycles. The second kappa shape index (κ2) is 15.8. The monoisotopic (exact) mass is 604 g/mol. The smallest absolute Gasteiger partial charge is 0.306 e. The van der Waals surface area contributed by atoms with Gasteiger partial charge in [-0.2, -0.15) is 0 Å². The van der Waals surface area contributed by atoms with Gasteiger partial charge in [0.1, 0.15) is 12.4 Å². The highest BCUT2D eigenvalue weighted by molar-refractivity contribution is 6.99. The van der Waals surface area contributed by atoms with Crippen LogP contribution in [0.4, 0.5) is 0 Å². The van der Waals surface area contributed by atoms with E-state index in [1.165, 1.54) is 10.4 Å². The van der Waals surface area contributed by atoms with E-state index in [0.717, 1.165) is 12.0 Å². The Kier molecular flexibility index (Phi) is 12.8. The molecule has 5 nitrogen and oxygen atoms in total. The molecule has 0 spiro atoms. The second-order valence-corrected chi connectivity index (χ2v) is 18.0. The Morgan fingerprint density at radius 3 is 1.77 bits per heavy atom. The molecule has 0 heterocycles. The topological polar surface area (TPSA) is 54.0 Å². The van der Waals surface area contributed by atoms with Crippen molar-refractivity contribution in [2.75, 3.05) is 13.4 Å². The SMILES string of the molecule is C[C@@H](CC(=O)OC(C)(C)C)C[C@H](C)[C@@H](CO[Si](c1ccccc1)(c1ccccc1)C(C)(C)C)OCOCc1ccccc1. The van der Waals surface area contributed by atoms with Crippen LogP contribution < -0.4 is 10.4 Å². The van der Waals surface area contributed by atoms with Gasteiger partial charge in [-0.3, -0.25) is 4.79 Å². The largest absolute Gasteiger partial charge is 0.460 e. The molecule has 0 aliphatic rings. The summed E-state index contributed by atoms with van der Waals surface area (Å²) in [5.74, 6) is 0.0875. The fraction of sp³-hybridized carbons (Fsp3) is 0.486. The van der Waals surface area contributed by atoms with Crippen molar-refractivity contribution in [1.82, 2.24) is 0 Å². The number of ether oxygens (including phenoxy) is 3. The van der Waals surface area contributed by atoms with Gasteiger partial charge in [0, 0.05) is 6.42 Å². The Labute approximate surface area is 261 Å². The van der Waals surface area contributed by atoms with Crippen LogP contribution in [0.5, 0.6) is 0 Å². The average Bonchev–Trinajstić information content (AvgIpc) is 2.94. The zero-order chi connectivity index (χ0) is 31.5. The molecular formula is C37H52O5Si. The minimum Gasteiger partial charge on any atom is -0.460 e. The molecule has 3 atom stereocenters. The van der Waals surface area contributed by atoms with Crippen LogP contribution in [0, 0.1) is 11.8 Å². The molecule has 3 aromatic rings. The summed E-state index contributed by atoms with van der Waals surface area (Å²) in [5, 5.41) is 2.33. The highest BCUT2D eigenvalue weighted by atomic mass is 28.4. The minimum atomic E-state index is -2.75. The van der Waals surface area contributed by atoms with E-state index in [-0.39, 0.29) is 35.7 Å². The lowest BCUT2D eigenvalue weighted by atomic mass is 9.91. The number of carbonyl (C=O) groups excluding carboxylic acids is 1. The molecule has 0 aliphatic carbocycles. The molecule has 0 bridgehead atoms. The third-order valence-corrected chi connectivity index (χ3v) is 12.7. The molecule has 234 valence electrons. The van der Waals surface area contributed by atoms with Crippen LogP contribution in [-0.4, -0.2) is 39.4 Å². The van der Waals surface area contributed by atoms with Crippen molar-refractivity contribution in [3.05, 3.63) is 96.6 Å². The van der Waals surface area contributed by atoms with Gasteiger partial charge in [-0.25, -0.2) is 0 Å². The van der Waals surface area contributed by atoms with Gasteiger partial charge in [-0.15, -0.1) is 0 Å². The second-order valence-electron chi connectivity index (χ2n) is 13.7. The lowest BCUT2D eigenvalue weighted by molar-refractivity contribution is -0.156. The van der Waals surface area contributed by atoms with Gasteiger partial charge >= 0.3 is 5.97 Å². The number of rotatable bonds is 15. The molecule has 6 heteroatoms. The van der Waals surface area contributed by atoms with Crippen molar-refractivity contribution < 1.29 is 23.4 Å². The molecule has 3 rings (SSSR count). The van der Waals surface area contributed by atoms with E-state index in [1.807, 2.05) is 51.1 Å². The summed E-state index contributed by atoms with van der Waals surface area (Å²) >= 11 is 0. The zero-order valence-corrected chi connectivity index (χ0v) is 28.5. The van der Waals surface area contributed by atoms with Gasteiger partial charge in [0.15, 0.2) is 0 Å². The van der Waals surface area contributed by atoms with Crippen LogP contribution in [0.25, 0.3) is 0 Å². The van der Waals surface area contributed by atoms with E-state index < -0.39 is 13.9 Å². The van der Waals surface area contributed by atoms with E-state index in [0.29, 0.717) is 19.6 Å². The highest BCUT2D eigenvalue weighted by Gasteiger charge is 2.50. The van der Waals surface area contributed by atoms with Gasteiger partial charge in [0.2, 0.25) is 0 Å². The normalized spacial score (nSPS) is 14.6. The van der Waals surface area contributed by atoms with Gasteiger partial charge in [-0.1, -0.05) is 126 Å². The molecule has 0 aromatic heterocycles. The Morgan fingerprint density at radius 1 is 0.767 bits per heavy atom. The standard InChI is InChI=1S/C37H52O5Si/c1-29(25-35(38)42-36(3,4)5)24-30(2)34(40-28-39-26-31-18-12-9-13-19-31)27-41-43(37(6,7)8,32-20-14-10-15-21-32)33-22-16-11-17-23-33/h9-23,29-30,34H,24-28H2,1-8H3/t29-,30+,34-/m1/s1. The molecule has 3 aromatic carbocycles. The third kappa shape index (κ3) is 10.4. The molecule has 0 fully saturated rings. The van der Waals surface area contributed by atoms with Gasteiger partial charge in [0.05, 0.1) is 19.3 Å². The van der Waals surface area contributed by atoms with Crippen LogP contribution in [0.1, 0.15) is 73.8 Å². The van der Waals surface area contributed by atoms with Crippen LogP contribution in [0.3, 0.4) is 0 Å². The average molecular weight is 605 g/mol. The number of benzene rings is 3. The first-order valence-corrected chi connectivity index (χ1v) is 17.4. The summed E-state index contributed by atoms with van der Waals surface area (Å²) in [6, 6.07) is 31.4. The Balaban J connectivity index is 1.83. The summed E-state index contributed by atoms with van der Waals surface area (Å²) in [5.41, 5.74) is 0.610. The molecular weight excluding hydrogens is 552 g/mol. The van der Waals surface area contributed by atoms with Crippen LogP contribution in [-0.2, 0) is 30.0 Å². The molecule has 43 heavy (non-hydrogen) atoms. The fourth-order valence-electron chi connectivity index (χ4n) is 5.75. The first-order chi connectivity index (χ1) is 20.3. The first-order valence-electron chi connectivity index (χ1n) is 15.5. The quantitative estimate of drug-likeness (QED) is 0.0778. The van der Waals surface area contributed by atoms with Crippen molar-refractivity contribution in [2.24, 2.45) is 11.8 Å². The minimum absolute atomic E-state index is 0.121. The Hall–Kier alpha value is -2.77. The van der Waals surface area contributed by atoms with Crippen LogP contribution >= 0.6 is 0 Å². The van der Waals surface area contributed by atoms with Gasteiger partial charge in [-0.05, 0) is 60.0 Å². The lowest BCUT2D eigenvalue weighted by Gasteiger charge is -2.44. The zero-order valence-electron chi connectivity index (χ0n) is 27.5. The van der Waals surface area contributed by atoms with Crippen molar-refractivity contribution >= 4 is 24.7 Å². The Morgan fingerprint density at radius 2 is 1.28 bits per heavy atom. The third-order valence-electron chi connectivity index (χ3n) is 7.70. The predicted octanol–water partition coefficient (Wildman–Crippen LogP) is 7.52. The highest BCUT2D eigenvalue weighted by Crippen LogP contribution is 2.37. The summed E-state index contributed by atoms with van der Waals surface area (Å²) in [6.07, 6.45) is 0.944. The number of hydrogen-bond donors (Lipinski definition) is 0. The van der Waals surface area contributed by atoms with E-state index in [1.54, 1.807) is 0 Å². The van der Waals surface area contributed by atoms with Crippen molar-refractivity contribution in [3.63, 3.8) is 0 Å². The molecule has 0 N–H and O–H groups in total. The van der Waals surface area contributed by atoms with E-state index in [2.05, 4.69) is 95.3 Å². The van der Waals surface area contributed by atoms with E-state index in [9.17, 15) is 4.79 Å². The molecule has 0 unspecified atom stereocenters. The predicted molar refractivity (Wildman–Crippen MR) is 178 cm³/mol. The summed E-state index contributed by atoms with van der Waals surface area (Å²) in [7, 11) is -2.75. The van der Waals surface area contributed by atoms with Crippen LogP contribution in [0.2, 0.25) is 5.04 Å². The molecule has 0 radical (unpaired) electrons. The maximum atomic E-state index is 12.6. The number of carbonyl (C=O) groups is 1. The number of esters is 1. The summed E-state index contributed by atoms with van der Waals surface area (Å²) in [4.78, 5) is 12.6. The van der Waals surface area contributed by atoms with E-state index in [4.69, 9.17) is 18.6 Å². The van der Waals surface area contributed by atoms with Crippen LogP contribution in [0.15, 0.2) is 91.0 Å². The van der Waals surface area contributed by atoms with E-state index >= 15 is 0 Å². The van der Waals surface area contributed by atoms with Gasteiger partial charge in [0.25, 0.3) is 8.32 Å². The van der Waals surface area contributed by atoms with Crippen molar-refractivity contribution in [1.29, 1.82) is 0 Å². The van der Waals surface area contributed by atoms with Gasteiger partial charge < -0.3 is 18.6 Å². The summed E-state index contributed by atoms with van der Waals surface area (Å²) in [6.45, 7) is 17.9. The maximum absolute atomic E-state index is 12.6. The molecule has 0 saturated heterocycles. The molecule has 0 aliphatic heterocycles. The Bertz CT molecular complexity index is 1180.